The summed E-state index contributed by atoms with van der Waals surface area (Å²) < 4.78 is 10.0. The van der Waals surface area contributed by atoms with Crippen molar-refractivity contribution in [3.8, 4) is 22.3 Å². The SMILES string of the molecule is COC(=O)c1ccc(-c2c3ccccc3c(-c3ccc(C(=O)OC)cc3)c3cc(N(c4ccccc4)c4ccc(N(c5ccccc5)c5ccccc5)cc4)ccc23)cc1. The van der Waals surface area contributed by atoms with Crippen molar-refractivity contribution < 1.29 is 19.1 Å². The highest BCUT2D eigenvalue weighted by molar-refractivity contribution is 6.22. The molecule has 0 amide bonds. The van der Waals surface area contributed by atoms with Crippen LogP contribution in [0.1, 0.15) is 20.7 Å². The Bertz CT molecular complexity index is 2910. The maximum atomic E-state index is 12.5. The van der Waals surface area contributed by atoms with E-state index in [-0.39, 0.29) is 11.9 Å². The fraction of sp³-hybridized carbons (Fsp3) is 0.0370. The lowest BCUT2D eigenvalue weighted by Crippen LogP contribution is -2.12. The summed E-state index contributed by atoms with van der Waals surface area (Å²) >= 11 is 0. The smallest absolute Gasteiger partial charge is 0.337 e. The van der Waals surface area contributed by atoms with Crippen LogP contribution in [0.25, 0.3) is 43.8 Å². The largest absolute Gasteiger partial charge is 0.465 e. The molecule has 9 rings (SSSR count). The van der Waals surface area contributed by atoms with E-state index in [0.29, 0.717) is 11.1 Å². The summed E-state index contributed by atoms with van der Waals surface area (Å²) in [6.07, 6.45) is 0. The van der Waals surface area contributed by atoms with E-state index in [1.54, 1.807) is 0 Å². The standard InChI is InChI=1S/C54H40N2O4/c1-59-53(57)39-26-22-37(23-27-39)51-47-20-12-13-21-48(47)52(38-24-28-40(29-25-38)54(58)60-2)50-36-46(34-35-49(50)51)56(43-18-10-5-11-19-43)45-32-30-44(31-33-45)55(41-14-6-3-7-15-41)42-16-8-4-9-17-42/h3-36H,1-2H3. The number of rotatable bonds is 10. The molecule has 0 aliphatic heterocycles. The second-order valence-electron chi connectivity index (χ2n) is 14.4. The van der Waals surface area contributed by atoms with Gasteiger partial charge in [0.25, 0.3) is 0 Å². The van der Waals surface area contributed by atoms with Gasteiger partial charge in [0.05, 0.1) is 25.3 Å². The molecule has 6 heteroatoms. The molecule has 290 valence electrons. The number of nitrogens with zero attached hydrogens (tertiary/aromatic N) is 2. The van der Waals surface area contributed by atoms with Crippen LogP contribution in [0, 0.1) is 0 Å². The summed E-state index contributed by atoms with van der Waals surface area (Å²) in [5, 5.41) is 4.19. The van der Waals surface area contributed by atoms with Crippen LogP contribution < -0.4 is 9.80 Å². The van der Waals surface area contributed by atoms with E-state index in [1.165, 1.54) is 14.2 Å². The molecule has 0 spiro atoms. The van der Waals surface area contributed by atoms with Crippen molar-refractivity contribution in [3.63, 3.8) is 0 Å². The molecule has 0 aliphatic carbocycles. The first kappa shape index (κ1) is 37.6. The van der Waals surface area contributed by atoms with Gasteiger partial charge in [0.15, 0.2) is 0 Å². The molecule has 9 aromatic rings. The van der Waals surface area contributed by atoms with Crippen LogP contribution in [0.15, 0.2) is 206 Å². The van der Waals surface area contributed by atoms with Crippen LogP contribution in [-0.4, -0.2) is 26.2 Å². The van der Waals surface area contributed by atoms with Crippen molar-refractivity contribution in [1.29, 1.82) is 0 Å². The third-order valence-electron chi connectivity index (χ3n) is 10.9. The maximum absolute atomic E-state index is 12.5. The molecular formula is C54H40N2O4. The van der Waals surface area contributed by atoms with Crippen LogP contribution in [0.2, 0.25) is 0 Å². The van der Waals surface area contributed by atoms with Crippen molar-refractivity contribution in [2.75, 3.05) is 24.0 Å². The van der Waals surface area contributed by atoms with Gasteiger partial charge in [-0.05, 0) is 141 Å². The van der Waals surface area contributed by atoms with E-state index in [4.69, 9.17) is 9.47 Å². The van der Waals surface area contributed by atoms with Crippen LogP contribution >= 0.6 is 0 Å². The van der Waals surface area contributed by atoms with Crippen LogP contribution in [0.4, 0.5) is 34.1 Å². The highest BCUT2D eigenvalue weighted by atomic mass is 16.5. The number of anilines is 6. The molecule has 0 saturated heterocycles. The van der Waals surface area contributed by atoms with Gasteiger partial charge in [-0.25, -0.2) is 9.59 Å². The molecule has 0 unspecified atom stereocenters. The predicted molar refractivity (Wildman–Crippen MR) is 244 cm³/mol. The van der Waals surface area contributed by atoms with E-state index < -0.39 is 0 Å². The Hall–Kier alpha value is -7.96. The van der Waals surface area contributed by atoms with E-state index in [0.717, 1.165) is 77.9 Å². The third kappa shape index (κ3) is 7.12. The Kier molecular flexibility index (Phi) is 10.3. The van der Waals surface area contributed by atoms with Gasteiger partial charge in [-0.1, -0.05) is 109 Å². The first-order valence-electron chi connectivity index (χ1n) is 19.7. The molecule has 0 atom stereocenters. The van der Waals surface area contributed by atoms with Crippen molar-refractivity contribution >= 4 is 67.6 Å². The molecule has 0 aromatic heterocycles. The number of esters is 2. The van der Waals surface area contributed by atoms with Gasteiger partial charge in [0.1, 0.15) is 0 Å². The summed E-state index contributed by atoms with van der Waals surface area (Å²) in [5.41, 5.74) is 11.1. The zero-order valence-corrected chi connectivity index (χ0v) is 33.2. The van der Waals surface area contributed by atoms with E-state index in [9.17, 15) is 9.59 Å². The number of carbonyl (C=O) groups is 2. The normalized spacial score (nSPS) is 11.0. The van der Waals surface area contributed by atoms with Crippen LogP contribution in [0.5, 0.6) is 0 Å². The highest BCUT2D eigenvalue weighted by Crippen LogP contribution is 2.47. The lowest BCUT2D eigenvalue weighted by Gasteiger charge is -2.29. The Morgan fingerprint density at radius 2 is 0.650 bits per heavy atom. The topological polar surface area (TPSA) is 59.1 Å². The van der Waals surface area contributed by atoms with Gasteiger partial charge in [0.2, 0.25) is 0 Å². The van der Waals surface area contributed by atoms with Crippen molar-refractivity contribution in [1.82, 2.24) is 0 Å². The molecule has 60 heavy (non-hydrogen) atoms. The van der Waals surface area contributed by atoms with Gasteiger partial charge < -0.3 is 19.3 Å². The van der Waals surface area contributed by atoms with Crippen molar-refractivity contribution in [2.24, 2.45) is 0 Å². The minimum absolute atomic E-state index is 0.381. The molecule has 0 radical (unpaired) electrons. The number of ether oxygens (including phenoxy) is 2. The third-order valence-corrected chi connectivity index (χ3v) is 10.9. The van der Waals surface area contributed by atoms with Gasteiger partial charge in [0, 0.05) is 34.1 Å². The zero-order chi connectivity index (χ0) is 41.0. The number of para-hydroxylation sites is 3. The predicted octanol–water partition coefficient (Wildman–Crippen LogP) is 13.8. The van der Waals surface area contributed by atoms with Gasteiger partial charge in [-0.15, -0.1) is 0 Å². The Morgan fingerprint density at radius 1 is 0.333 bits per heavy atom. The second kappa shape index (κ2) is 16.5. The minimum atomic E-state index is -0.385. The van der Waals surface area contributed by atoms with Crippen molar-refractivity contribution in [3.05, 3.63) is 217 Å². The number of methoxy groups -OCH3 is 2. The lowest BCUT2D eigenvalue weighted by molar-refractivity contribution is 0.0592. The minimum Gasteiger partial charge on any atom is -0.465 e. The Balaban J connectivity index is 1.26. The average molecular weight is 781 g/mol. The number of carbonyl (C=O) groups excluding carboxylic acids is 2. The number of benzene rings is 9. The summed E-state index contributed by atoms with van der Waals surface area (Å²) in [5.74, 6) is -0.766. The molecule has 0 N–H and O–H groups in total. The summed E-state index contributed by atoms with van der Waals surface area (Å²) in [7, 11) is 2.78. The van der Waals surface area contributed by atoms with Gasteiger partial charge in [-0.2, -0.15) is 0 Å². The molecule has 0 heterocycles. The summed E-state index contributed by atoms with van der Waals surface area (Å²) in [4.78, 5) is 29.5. The second-order valence-corrected chi connectivity index (χ2v) is 14.4. The molecule has 0 bridgehead atoms. The molecule has 9 aromatic carbocycles. The summed E-state index contributed by atoms with van der Waals surface area (Å²) in [6, 6.07) is 70.1. The number of hydrogen-bond donors (Lipinski definition) is 0. The Labute approximate surface area is 349 Å². The number of hydrogen-bond acceptors (Lipinski definition) is 6. The fourth-order valence-corrected chi connectivity index (χ4v) is 8.09. The quantitative estimate of drug-likeness (QED) is 0.102. The molecule has 0 saturated carbocycles. The van der Waals surface area contributed by atoms with E-state index >= 15 is 0 Å². The molecule has 6 nitrogen and oxygen atoms in total. The van der Waals surface area contributed by atoms with Gasteiger partial charge >= 0.3 is 11.9 Å². The first-order chi connectivity index (χ1) is 29.5. The number of fused-ring (bicyclic) bond motifs is 2. The summed E-state index contributed by atoms with van der Waals surface area (Å²) in [6.45, 7) is 0. The van der Waals surface area contributed by atoms with Gasteiger partial charge in [-0.3, -0.25) is 0 Å². The highest BCUT2D eigenvalue weighted by Gasteiger charge is 2.21. The maximum Gasteiger partial charge on any atom is 0.337 e. The fourth-order valence-electron chi connectivity index (χ4n) is 8.09. The Morgan fingerprint density at radius 3 is 1.05 bits per heavy atom. The van der Waals surface area contributed by atoms with Crippen LogP contribution in [-0.2, 0) is 9.47 Å². The molecular weight excluding hydrogens is 741 g/mol. The van der Waals surface area contributed by atoms with E-state index in [2.05, 4.69) is 149 Å². The average Bonchev–Trinajstić information content (AvgIpc) is 3.32. The monoisotopic (exact) mass is 780 g/mol. The molecule has 0 aliphatic rings. The first-order valence-corrected chi connectivity index (χ1v) is 19.7. The van der Waals surface area contributed by atoms with E-state index in [1.807, 2.05) is 66.7 Å². The molecule has 0 fully saturated rings. The lowest BCUT2D eigenvalue weighted by atomic mass is 9.85. The zero-order valence-electron chi connectivity index (χ0n) is 33.2. The van der Waals surface area contributed by atoms with Crippen LogP contribution in [0.3, 0.4) is 0 Å². The van der Waals surface area contributed by atoms with Crippen molar-refractivity contribution in [2.45, 2.75) is 0 Å².